The van der Waals surface area contributed by atoms with E-state index in [1.165, 1.54) is 19.3 Å². The number of nitrogens with one attached hydrogen (secondary N) is 2. The third-order valence-electron chi connectivity index (χ3n) is 4.48. The molecule has 0 saturated heterocycles. The Hall–Kier alpha value is -2.28. The second-order valence-electron chi connectivity index (χ2n) is 6.56. The lowest BCUT2D eigenvalue weighted by Crippen LogP contribution is -2.42. The Morgan fingerprint density at radius 3 is 2.81 bits per heavy atom. The average Bonchev–Trinajstić information content (AvgIpc) is 3.15. The number of rotatable bonds is 7. The zero-order chi connectivity index (χ0) is 18.2. The molecule has 1 aliphatic rings. The Morgan fingerprint density at radius 1 is 1.19 bits per heavy atom. The van der Waals surface area contributed by atoms with Gasteiger partial charge in [-0.1, -0.05) is 19.3 Å². The molecule has 7 heteroatoms. The normalized spacial score (nSPS) is 14.8. The molecule has 0 aromatic carbocycles. The molecular weight excluding hydrogens is 348 g/mol. The molecule has 1 saturated carbocycles. The van der Waals surface area contributed by atoms with E-state index in [1.807, 2.05) is 17.5 Å². The molecule has 0 aliphatic heterocycles. The Morgan fingerprint density at radius 2 is 2.04 bits per heavy atom. The van der Waals surface area contributed by atoms with Crippen LogP contribution in [-0.2, 0) is 16.0 Å². The largest absolute Gasteiger partial charge is 0.352 e. The van der Waals surface area contributed by atoms with Gasteiger partial charge in [-0.05, 0) is 31.4 Å². The number of hydrogen-bond donors (Lipinski definition) is 2. The smallest absolute Gasteiger partial charge is 0.239 e. The van der Waals surface area contributed by atoms with Crippen LogP contribution in [-0.4, -0.2) is 34.4 Å². The van der Waals surface area contributed by atoms with Crippen molar-refractivity contribution in [2.45, 2.75) is 51.0 Å². The third-order valence-corrected chi connectivity index (χ3v) is 5.43. The summed E-state index contributed by atoms with van der Waals surface area (Å²) in [6.45, 7) is 0.0489. The Balaban J connectivity index is 1.37. The summed E-state index contributed by atoms with van der Waals surface area (Å²) < 4.78 is 0. The predicted molar refractivity (Wildman–Crippen MR) is 102 cm³/mol. The van der Waals surface area contributed by atoms with Gasteiger partial charge >= 0.3 is 0 Å². The molecule has 1 aliphatic carbocycles. The van der Waals surface area contributed by atoms with Gasteiger partial charge in [0.2, 0.25) is 11.8 Å². The summed E-state index contributed by atoms with van der Waals surface area (Å²) >= 11 is 1.55. The zero-order valence-corrected chi connectivity index (χ0v) is 15.6. The first-order valence-electron chi connectivity index (χ1n) is 9.11. The summed E-state index contributed by atoms with van der Waals surface area (Å²) in [5.74, 6) is -0.225. The van der Waals surface area contributed by atoms with Crippen LogP contribution >= 0.6 is 11.3 Å². The van der Waals surface area contributed by atoms with Crippen molar-refractivity contribution in [3.63, 3.8) is 0 Å². The minimum absolute atomic E-state index is 0.0489. The van der Waals surface area contributed by atoms with Crippen molar-refractivity contribution in [1.82, 2.24) is 20.6 Å². The molecule has 2 N–H and O–H groups in total. The molecule has 1 fully saturated rings. The molecule has 138 valence electrons. The highest BCUT2D eigenvalue weighted by molar-refractivity contribution is 7.13. The maximum absolute atomic E-state index is 12.0. The van der Waals surface area contributed by atoms with Gasteiger partial charge in [0, 0.05) is 35.8 Å². The summed E-state index contributed by atoms with van der Waals surface area (Å²) in [4.78, 5) is 32.5. The van der Waals surface area contributed by atoms with E-state index < -0.39 is 0 Å². The van der Waals surface area contributed by atoms with E-state index >= 15 is 0 Å². The lowest BCUT2D eigenvalue weighted by molar-refractivity contribution is -0.126. The van der Waals surface area contributed by atoms with Crippen LogP contribution in [0.4, 0.5) is 0 Å². The van der Waals surface area contributed by atoms with Crippen molar-refractivity contribution >= 4 is 23.2 Å². The minimum Gasteiger partial charge on any atom is -0.352 e. The van der Waals surface area contributed by atoms with Gasteiger partial charge in [-0.25, -0.2) is 4.98 Å². The van der Waals surface area contributed by atoms with Crippen LogP contribution in [0.3, 0.4) is 0 Å². The topological polar surface area (TPSA) is 84.0 Å². The number of carbonyl (C=O) groups excluding carboxylic acids is 2. The SMILES string of the molecule is O=C(CCc1csc(-c2cccnc2)n1)NCC(=O)NC1CCCCC1. The fourth-order valence-corrected chi connectivity index (χ4v) is 3.92. The maximum atomic E-state index is 12.0. The Labute approximate surface area is 157 Å². The number of nitrogens with zero attached hydrogens (tertiary/aromatic N) is 2. The third kappa shape index (κ3) is 5.62. The molecular formula is C19H24N4O2S. The summed E-state index contributed by atoms with van der Waals surface area (Å²) in [6.07, 6.45) is 10.1. The molecule has 2 aromatic rings. The Bertz CT molecular complexity index is 726. The standard InChI is InChI=1S/C19H24N4O2S/c24-17(21-12-18(25)22-15-6-2-1-3-7-15)9-8-16-13-26-19(23-16)14-5-4-10-20-11-14/h4-5,10-11,13,15H,1-3,6-9,12H2,(H,21,24)(H,22,25). The first-order chi connectivity index (χ1) is 12.7. The maximum Gasteiger partial charge on any atom is 0.239 e. The predicted octanol–water partition coefficient (Wildman–Crippen LogP) is 2.70. The second-order valence-corrected chi connectivity index (χ2v) is 7.42. The van der Waals surface area contributed by atoms with E-state index in [9.17, 15) is 9.59 Å². The van der Waals surface area contributed by atoms with Crippen molar-refractivity contribution in [3.05, 3.63) is 35.6 Å². The highest BCUT2D eigenvalue weighted by Crippen LogP contribution is 2.23. The molecule has 0 unspecified atom stereocenters. The first kappa shape index (κ1) is 18.5. The molecule has 2 heterocycles. The van der Waals surface area contributed by atoms with Crippen molar-refractivity contribution in [2.75, 3.05) is 6.54 Å². The Kier molecular flexibility index (Phi) is 6.71. The lowest BCUT2D eigenvalue weighted by atomic mass is 9.95. The number of aryl methyl sites for hydroxylation is 1. The van der Waals surface area contributed by atoms with E-state index in [4.69, 9.17) is 0 Å². The molecule has 0 bridgehead atoms. The van der Waals surface area contributed by atoms with Crippen LogP contribution in [0.25, 0.3) is 10.6 Å². The van der Waals surface area contributed by atoms with Gasteiger partial charge in [-0.2, -0.15) is 0 Å². The summed E-state index contributed by atoms with van der Waals surface area (Å²) in [5, 5.41) is 8.56. The van der Waals surface area contributed by atoms with E-state index in [1.54, 1.807) is 23.7 Å². The van der Waals surface area contributed by atoms with Crippen molar-refractivity contribution in [3.8, 4) is 10.6 Å². The average molecular weight is 372 g/mol. The lowest BCUT2D eigenvalue weighted by Gasteiger charge is -2.22. The van der Waals surface area contributed by atoms with Crippen molar-refractivity contribution in [2.24, 2.45) is 0 Å². The van der Waals surface area contributed by atoms with Crippen molar-refractivity contribution in [1.29, 1.82) is 0 Å². The molecule has 3 rings (SSSR count). The molecule has 2 amide bonds. The number of aromatic nitrogens is 2. The van der Waals surface area contributed by atoms with Gasteiger partial charge in [-0.15, -0.1) is 11.3 Å². The minimum atomic E-state index is -0.125. The van der Waals surface area contributed by atoms with Crippen LogP contribution in [0.15, 0.2) is 29.9 Å². The van der Waals surface area contributed by atoms with Crippen LogP contribution in [0, 0.1) is 0 Å². The fraction of sp³-hybridized carbons (Fsp3) is 0.474. The summed E-state index contributed by atoms with van der Waals surface area (Å²) in [7, 11) is 0. The van der Waals surface area contributed by atoms with Gasteiger partial charge in [0.25, 0.3) is 0 Å². The molecule has 26 heavy (non-hydrogen) atoms. The quantitative estimate of drug-likeness (QED) is 0.783. The van der Waals surface area contributed by atoms with Crippen molar-refractivity contribution < 1.29 is 9.59 Å². The van der Waals surface area contributed by atoms with E-state index in [0.717, 1.165) is 29.1 Å². The fourth-order valence-electron chi connectivity index (χ4n) is 3.08. The second kappa shape index (κ2) is 9.43. The van der Waals surface area contributed by atoms with E-state index in [0.29, 0.717) is 12.8 Å². The highest BCUT2D eigenvalue weighted by atomic mass is 32.1. The molecule has 2 aromatic heterocycles. The van der Waals surface area contributed by atoms with Gasteiger partial charge in [0.15, 0.2) is 0 Å². The summed E-state index contributed by atoms with van der Waals surface area (Å²) in [5.41, 5.74) is 1.86. The molecule has 6 nitrogen and oxygen atoms in total. The van der Waals surface area contributed by atoms with Gasteiger partial charge in [0.1, 0.15) is 5.01 Å². The zero-order valence-electron chi connectivity index (χ0n) is 14.7. The summed E-state index contributed by atoms with van der Waals surface area (Å²) in [6, 6.07) is 4.12. The van der Waals surface area contributed by atoms with Gasteiger partial charge in [-0.3, -0.25) is 14.6 Å². The monoisotopic (exact) mass is 372 g/mol. The number of amides is 2. The number of pyridine rings is 1. The first-order valence-corrected chi connectivity index (χ1v) is 9.99. The van der Waals surface area contributed by atoms with Gasteiger partial charge in [0.05, 0.1) is 12.2 Å². The molecule has 0 radical (unpaired) electrons. The van der Waals surface area contributed by atoms with Crippen LogP contribution in [0.2, 0.25) is 0 Å². The molecule has 0 atom stereocenters. The number of hydrogen-bond acceptors (Lipinski definition) is 5. The van der Waals surface area contributed by atoms with Crippen LogP contribution < -0.4 is 10.6 Å². The van der Waals surface area contributed by atoms with Crippen LogP contribution in [0.5, 0.6) is 0 Å². The highest BCUT2D eigenvalue weighted by Gasteiger charge is 2.16. The van der Waals surface area contributed by atoms with E-state index in [2.05, 4.69) is 20.6 Å². The number of thiazole rings is 1. The van der Waals surface area contributed by atoms with Crippen LogP contribution in [0.1, 0.15) is 44.2 Å². The molecule has 0 spiro atoms. The number of carbonyl (C=O) groups is 2. The van der Waals surface area contributed by atoms with E-state index in [-0.39, 0.29) is 24.4 Å². The van der Waals surface area contributed by atoms with Gasteiger partial charge < -0.3 is 10.6 Å².